The number of aromatic nitrogens is 3. The van der Waals surface area contributed by atoms with Crippen LogP contribution >= 0.6 is 11.6 Å². The van der Waals surface area contributed by atoms with Gasteiger partial charge in [0, 0.05) is 48.5 Å². The first kappa shape index (κ1) is 15.9. The molecule has 122 valence electrons. The Kier molecular flexibility index (Phi) is 4.72. The highest BCUT2D eigenvalue weighted by molar-refractivity contribution is 6.30. The highest BCUT2D eigenvalue weighted by Gasteiger charge is 2.12. The van der Waals surface area contributed by atoms with E-state index in [0.29, 0.717) is 22.8 Å². The summed E-state index contributed by atoms with van der Waals surface area (Å²) in [6.45, 7) is 0.576. The third-order valence-corrected chi connectivity index (χ3v) is 3.58. The summed E-state index contributed by atoms with van der Waals surface area (Å²) in [6, 6.07) is 6.57. The van der Waals surface area contributed by atoms with Gasteiger partial charge in [0.05, 0.1) is 0 Å². The first-order chi connectivity index (χ1) is 11.6. The van der Waals surface area contributed by atoms with Crippen LogP contribution < -0.4 is 10.6 Å². The van der Waals surface area contributed by atoms with Gasteiger partial charge in [-0.2, -0.15) is 0 Å². The third kappa shape index (κ3) is 3.52. The number of carbonyl (C=O) groups is 2. The molecule has 1 aromatic carbocycles. The molecule has 0 aliphatic carbocycles. The number of nitrogens with zero attached hydrogens (tertiary/aromatic N) is 3. The molecule has 0 unspecified atom stereocenters. The van der Waals surface area contributed by atoms with Gasteiger partial charge >= 0.3 is 0 Å². The highest BCUT2D eigenvalue weighted by atomic mass is 35.5. The summed E-state index contributed by atoms with van der Waals surface area (Å²) < 4.78 is 1.71. The van der Waals surface area contributed by atoms with Crippen LogP contribution in [0.4, 0.5) is 0 Å². The summed E-state index contributed by atoms with van der Waals surface area (Å²) in [5.41, 5.74) is 1.24. The molecule has 0 spiro atoms. The van der Waals surface area contributed by atoms with E-state index in [1.807, 2.05) is 0 Å². The lowest BCUT2D eigenvalue weighted by atomic mass is 10.2. The summed E-state index contributed by atoms with van der Waals surface area (Å²) in [4.78, 5) is 32.2. The normalized spacial score (nSPS) is 10.5. The molecule has 0 radical (unpaired) electrons. The molecule has 2 aromatic heterocycles. The maximum Gasteiger partial charge on any atom is 0.273 e. The van der Waals surface area contributed by atoms with E-state index >= 15 is 0 Å². The molecule has 0 bridgehead atoms. The first-order valence-corrected chi connectivity index (χ1v) is 7.62. The summed E-state index contributed by atoms with van der Waals surface area (Å²) in [5.74, 6) is -0.568. The van der Waals surface area contributed by atoms with Crippen molar-refractivity contribution in [2.75, 3.05) is 13.1 Å². The van der Waals surface area contributed by atoms with Crippen LogP contribution in [0.15, 0.2) is 49.1 Å². The zero-order valence-corrected chi connectivity index (χ0v) is 13.3. The van der Waals surface area contributed by atoms with E-state index in [2.05, 4.69) is 20.6 Å². The number of amides is 2. The Morgan fingerprint density at radius 1 is 0.958 bits per heavy atom. The molecular formula is C16H14ClN5O2. The summed E-state index contributed by atoms with van der Waals surface area (Å²) in [6.07, 6.45) is 6.58. The highest BCUT2D eigenvalue weighted by Crippen LogP contribution is 2.09. The maximum absolute atomic E-state index is 12.2. The second-order valence-electron chi connectivity index (χ2n) is 4.95. The minimum Gasteiger partial charge on any atom is -0.350 e. The maximum atomic E-state index is 12.2. The van der Waals surface area contributed by atoms with Crippen molar-refractivity contribution >= 4 is 29.1 Å². The largest absolute Gasteiger partial charge is 0.350 e. The zero-order chi connectivity index (χ0) is 16.9. The van der Waals surface area contributed by atoms with E-state index in [0.717, 1.165) is 0 Å². The molecule has 0 saturated heterocycles. The van der Waals surface area contributed by atoms with Gasteiger partial charge in [-0.25, -0.2) is 9.97 Å². The quantitative estimate of drug-likeness (QED) is 0.688. The van der Waals surface area contributed by atoms with Crippen molar-refractivity contribution in [1.82, 2.24) is 25.0 Å². The number of nitrogens with one attached hydrogen (secondary N) is 2. The smallest absolute Gasteiger partial charge is 0.273 e. The van der Waals surface area contributed by atoms with E-state index in [9.17, 15) is 9.59 Å². The SMILES string of the molecule is O=C(NCCNC(=O)c1nccn2ccnc12)c1ccc(Cl)cc1. The number of fused-ring (bicyclic) bond motifs is 1. The van der Waals surface area contributed by atoms with Gasteiger partial charge in [0.25, 0.3) is 11.8 Å². The number of hydrogen-bond donors (Lipinski definition) is 2. The molecular weight excluding hydrogens is 330 g/mol. The molecule has 24 heavy (non-hydrogen) atoms. The Morgan fingerprint density at radius 2 is 1.58 bits per heavy atom. The van der Waals surface area contributed by atoms with Crippen molar-refractivity contribution in [2.45, 2.75) is 0 Å². The number of carbonyl (C=O) groups excluding carboxylic acids is 2. The van der Waals surface area contributed by atoms with E-state index in [1.165, 1.54) is 6.20 Å². The molecule has 3 rings (SSSR count). The second-order valence-corrected chi connectivity index (χ2v) is 5.39. The Labute approximate surface area is 142 Å². The molecule has 7 nitrogen and oxygen atoms in total. The van der Waals surface area contributed by atoms with Gasteiger partial charge < -0.3 is 15.0 Å². The molecule has 0 aliphatic heterocycles. The van der Waals surface area contributed by atoms with Gasteiger partial charge in [-0.1, -0.05) is 11.6 Å². The van der Waals surface area contributed by atoms with E-state index in [4.69, 9.17) is 11.6 Å². The number of imidazole rings is 1. The van der Waals surface area contributed by atoms with Crippen LogP contribution in [-0.4, -0.2) is 39.3 Å². The monoisotopic (exact) mass is 343 g/mol. The van der Waals surface area contributed by atoms with Crippen LogP contribution in [0.3, 0.4) is 0 Å². The van der Waals surface area contributed by atoms with Crippen LogP contribution in [-0.2, 0) is 0 Å². The number of rotatable bonds is 5. The Morgan fingerprint density at radius 3 is 2.29 bits per heavy atom. The number of halogens is 1. The molecule has 2 N–H and O–H groups in total. The van der Waals surface area contributed by atoms with Gasteiger partial charge in [0.15, 0.2) is 11.3 Å². The minimum absolute atomic E-state index is 0.227. The van der Waals surface area contributed by atoms with Gasteiger partial charge in [0.1, 0.15) is 0 Å². The average molecular weight is 344 g/mol. The van der Waals surface area contributed by atoms with Crippen LogP contribution in [0.25, 0.3) is 5.65 Å². The lowest BCUT2D eigenvalue weighted by molar-refractivity contribution is 0.0925. The molecule has 2 heterocycles. The zero-order valence-electron chi connectivity index (χ0n) is 12.6. The van der Waals surface area contributed by atoms with Gasteiger partial charge in [-0.05, 0) is 24.3 Å². The fourth-order valence-corrected chi connectivity index (χ4v) is 2.28. The van der Waals surface area contributed by atoms with Crippen LogP contribution in [0.5, 0.6) is 0 Å². The topological polar surface area (TPSA) is 88.4 Å². The molecule has 2 amide bonds. The Bertz CT molecular complexity index is 876. The average Bonchev–Trinajstić information content (AvgIpc) is 3.07. The van der Waals surface area contributed by atoms with E-state index in [1.54, 1.807) is 47.3 Å². The predicted molar refractivity (Wildman–Crippen MR) is 89.1 cm³/mol. The second kappa shape index (κ2) is 7.10. The molecule has 0 atom stereocenters. The van der Waals surface area contributed by atoms with E-state index < -0.39 is 0 Å². The summed E-state index contributed by atoms with van der Waals surface area (Å²) in [5, 5.41) is 5.99. The Balaban J connectivity index is 1.51. The van der Waals surface area contributed by atoms with Crippen molar-refractivity contribution < 1.29 is 9.59 Å². The lowest BCUT2D eigenvalue weighted by Crippen LogP contribution is -2.35. The fraction of sp³-hybridized carbons (Fsp3) is 0.125. The standard InChI is InChI=1S/C16H14ClN5O2/c17-12-3-1-11(2-4-12)15(23)20-5-6-21-16(24)13-14-19-8-10-22(14)9-7-18-13/h1-4,7-10H,5-6H2,(H,20,23)(H,21,24). The van der Waals surface area contributed by atoms with Crippen LogP contribution in [0.2, 0.25) is 5.02 Å². The van der Waals surface area contributed by atoms with Gasteiger partial charge in [-0.3, -0.25) is 9.59 Å². The van der Waals surface area contributed by atoms with Crippen LogP contribution in [0.1, 0.15) is 20.8 Å². The molecule has 0 aliphatic rings. The fourth-order valence-electron chi connectivity index (χ4n) is 2.15. The minimum atomic E-state index is -0.340. The van der Waals surface area contributed by atoms with Crippen molar-refractivity contribution in [1.29, 1.82) is 0 Å². The van der Waals surface area contributed by atoms with Crippen molar-refractivity contribution in [3.63, 3.8) is 0 Å². The van der Waals surface area contributed by atoms with Crippen molar-refractivity contribution in [2.24, 2.45) is 0 Å². The van der Waals surface area contributed by atoms with Crippen molar-refractivity contribution in [3.8, 4) is 0 Å². The van der Waals surface area contributed by atoms with Crippen molar-refractivity contribution in [3.05, 3.63) is 65.3 Å². The molecule has 0 fully saturated rings. The molecule has 3 aromatic rings. The number of hydrogen-bond acceptors (Lipinski definition) is 4. The third-order valence-electron chi connectivity index (χ3n) is 3.33. The van der Waals surface area contributed by atoms with Gasteiger partial charge in [-0.15, -0.1) is 0 Å². The van der Waals surface area contributed by atoms with Gasteiger partial charge in [0.2, 0.25) is 0 Å². The number of benzene rings is 1. The first-order valence-electron chi connectivity index (χ1n) is 7.25. The lowest BCUT2D eigenvalue weighted by Gasteiger charge is -2.07. The Hall–Kier alpha value is -2.93. The summed E-state index contributed by atoms with van der Waals surface area (Å²) in [7, 11) is 0. The predicted octanol–water partition coefficient (Wildman–Crippen LogP) is 1.54. The molecule has 8 heteroatoms. The van der Waals surface area contributed by atoms with E-state index in [-0.39, 0.29) is 24.1 Å². The molecule has 0 saturated carbocycles. The van der Waals surface area contributed by atoms with Crippen LogP contribution in [0, 0.1) is 0 Å². The summed E-state index contributed by atoms with van der Waals surface area (Å²) >= 11 is 5.78.